The summed E-state index contributed by atoms with van der Waals surface area (Å²) in [4.78, 5) is 25.1. The van der Waals surface area contributed by atoms with Crippen LogP contribution in [0.5, 0.6) is 0 Å². The fourth-order valence-electron chi connectivity index (χ4n) is 2.01. The standard InChI is InChI=1S/C10H15N3O5/c1-5-3-13(10(16)11-9(5)15)8-2-6(12-17)7(4-14)18-8/h3,6-8,12,14,17H,2,4H2,1H3,(H,11,15,16)/t6-,7+,8+/m0/s1. The van der Waals surface area contributed by atoms with Gasteiger partial charge in [-0.2, -0.15) is 5.48 Å². The first kappa shape index (κ1) is 13.0. The van der Waals surface area contributed by atoms with Crippen LogP contribution in [0, 0.1) is 6.92 Å². The molecule has 1 aliphatic rings. The number of nitrogens with one attached hydrogen (secondary N) is 2. The van der Waals surface area contributed by atoms with Gasteiger partial charge in [-0.25, -0.2) is 4.79 Å². The van der Waals surface area contributed by atoms with Crippen molar-refractivity contribution in [3.63, 3.8) is 0 Å². The number of ether oxygens (including phenoxy) is 1. The van der Waals surface area contributed by atoms with Gasteiger partial charge in [-0.1, -0.05) is 0 Å². The first-order valence-corrected chi connectivity index (χ1v) is 5.54. The molecule has 0 radical (unpaired) electrons. The number of hydroxylamine groups is 1. The molecule has 18 heavy (non-hydrogen) atoms. The lowest BCUT2D eigenvalue weighted by molar-refractivity contribution is -0.0379. The van der Waals surface area contributed by atoms with Crippen LogP contribution >= 0.6 is 0 Å². The van der Waals surface area contributed by atoms with E-state index in [1.165, 1.54) is 10.8 Å². The molecule has 100 valence electrons. The normalized spacial score (nSPS) is 27.6. The highest BCUT2D eigenvalue weighted by Gasteiger charge is 2.36. The molecular weight excluding hydrogens is 242 g/mol. The van der Waals surface area contributed by atoms with Gasteiger partial charge in [0.1, 0.15) is 12.3 Å². The fourth-order valence-corrected chi connectivity index (χ4v) is 2.01. The molecule has 1 fully saturated rings. The van der Waals surface area contributed by atoms with Crippen molar-refractivity contribution in [2.75, 3.05) is 6.61 Å². The van der Waals surface area contributed by atoms with E-state index in [0.717, 1.165) is 0 Å². The van der Waals surface area contributed by atoms with Crippen molar-refractivity contribution < 1.29 is 15.1 Å². The number of aromatic amines is 1. The van der Waals surface area contributed by atoms with Crippen LogP contribution in [-0.2, 0) is 4.74 Å². The van der Waals surface area contributed by atoms with Gasteiger partial charge in [-0.05, 0) is 6.92 Å². The second kappa shape index (κ2) is 5.02. The van der Waals surface area contributed by atoms with E-state index in [4.69, 9.17) is 15.1 Å². The topological polar surface area (TPSA) is 117 Å². The van der Waals surface area contributed by atoms with Gasteiger partial charge in [0.2, 0.25) is 0 Å². The maximum absolute atomic E-state index is 11.7. The second-order valence-electron chi connectivity index (χ2n) is 4.26. The number of aromatic nitrogens is 2. The van der Waals surface area contributed by atoms with Gasteiger partial charge >= 0.3 is 5.69 Å². The molecule has 0 saturated carbocycles. The molecule has 8 nitrogen and oxygen atoms in total. The minimum absolute atomic E-state index is 0.272. The van der Waals surface area contributed by atoms with Gasteiger partial charge in [0.05, 0.1) is 12.6 Å². The average Bonchev–Trinajstić information content (AvgIpc) is 2.76. The van der Waals surface area contributed by atoms with E-state index in [0.29, 0.717) is 12.0 Å². The van der Waals surface area contributed by atoms with E-state index >= 15 is 0 Å². The molecule has 2 heterocycles. The number of aliphatic hydroxyl groups is 1. The van der Waals surface area contributed by atoms with E-state index < -0.39 is 29.6 Å². The molecule has 3 atom stereocenters. The summed E-state index contributed by atoms with van der Waals surface area (Å²) in [7, 11) is 0. The highest BCUT2D eigenvalue weighted by Crippen LogP contribution is 2.26. The lowest BCUT2D eigenvalue weighted by Gasteiger charge is -2.14. The SMILES string of the molecule is Cc1cn([C@H]2C[C@H](NO)[C@@H](CO)O2)c(=O)[nH]c1=O. The molecule has 0 aliphatic carbocycles. The Morgan fingerprint density at radius 3 is 2.89 bits per heavy atom. The summed E-state index contributed by atoms with van der Waals surface area (Å²) in [5.74, 6) is 0. The van der Waals surface area contributed by atoms with Crippen LogP contribution in [0.25, 0.3) is 0 Å². The number of aryl methyl sites for hydroxylation is 1. The highest BCUT2D eigenvalue weighted by atomic mass is 16.5. The minimum atomic E-state index is -0.630. The molecule has 1 aromatic rings. The maximum Gasteiger partial charge on any atom is 0.330 e. The number of hydrogen-bond donors (Lipinski definition) is 4. The number of rotatable bonds is 3. The van der Waals surface area contributed by atoms with Gasteiger partial charge in [0.15, 0.2) is 0 Å². The summed E-state index contributed by atoms with van der Waals surface area (Å²) in [6, 6.07) is -0.459. The largest absolute Gasteiger partial charge is 0.394 e. The van der Waals surface area contributed by atoms with Crippen molar-refractivity contribution in [3.8, 4) is 0 Å². The Balaban J connectivity index is 2.31. The van der Waals surface area contributed by atoms with Crippen LogP contribution in [0.3, 0.4) is 0 Å². The molecule has 1 saturated heterocycles. The Labute approximate surface area is 102 Å². The van der Waals surface area contributed by atoms with Crippen molar-refractivity contribution in [1.82, 2.24) is 15.0 Å². The summed E-state index contributed by atoms with van der Waals surface area (Å²) in [5, 5.41) is 18.0. The fraction of sp³-hybridized carbons (Fsp3) is 0.600. The Morgan fingerprint density at radius 1 is 1.61 bits per heavy atom. The summed E-state index contributed by atoms with van der Waals surface area (Å²) in [6.45, 7) is 1.31. The molecule has 1 aliphatic heterocycles. The molecule has 2 rings (SSSR count). The van der Waals surface area contributed by atoms with Gasteiger partial charge in [0.25, 0.3) is 5.56 Å². The molecule has 1 aromatic heterocycles. The minimum Gasteiger partial charge on any atom is -0.394 e. The van der Waals surface area contributed by atoms with Crippen molar-refractivity contribution in [2.24, 2.45) is 0 Å². The van der Waals surface area contributed by atoms with E-state index in [2.05, 4.69) is 4.98 Å². The van der Waals surface area contributed by atoms with Crippen molar-refractivity contribution in [2.45, 2.75) is 31.7 Å². The average molecular weight is 257 g/mol. The third-order valence-corrected chi connectivity index (χ3v) is 3.04. The van der Waals surface area contributed by atoms with E-state index in [-0.39, 0.29) is 6.61 Å². The Kier molecular flexibility index (Phi) is 3.62. The zero-order valence-electron chi connectivity index (χ0n) is 9.79. The first-order chi connectivity index (χ1) is 8.56. The quantitative estimate of drug-likeness (QED) is 0.488. The summed E-state index contributed by atoms with van der Waals surface area (Å²) in [5.41, 5.74) is 1.41. The van der Waals surface area contributed by atoms with Crippen LogP contribution in [0.2, 0.25) is 0 Å². The first-order valence-electron chi connectivity index (χ1n) is 5.54. The monoisotopic (exact) mass is 257 g/mol. The number of hydrogen-bond acceptors (Lipinski definition) is 6. The predicted molar refractivity (Wildman–Crippen MR) is 60.4 cm³/mol. The third kappa shape index (κ3) is 2.23. The van der Waals surface area contributed by atoms with Crippen molar-refractivity contribution in [3.05, 3.63) is 32.6 Å². The molecule has 8 heteroatoms. The molecule has 4 N–H and O–H groups in total. The highest BCUT2D eigenvalue weighted by molar-refractivity contribution is 5.02. The third-order valence-electron chi connectivity index (χ3n) is 3.04. The lowest BCUT2D eigenvalue weighted by Crippen LogP contribution is -2.36. The van der Waals surface area contributed by atoms with Crippen LogP contribution in [-0.4, -0.2) is 38.6 Å². The summed E-state index contributed by atoms with van der Waals surface area (Å²) < 4.78 is 6.69. The van der Waals surface area contributed by atoms with Crippen LogP contribution in [0.15, 0.2) is 15.8 Å². The van der Waals surface area contributed by atoms with Crippen LogP contribution in [0.4, 0.5) is 0 Å². The Morgan fingerprint density at radius 2 is 2.33 bits per heavy atom. The van der Waals surface area contributed by atoms with Crippen LogP contribution in [0.1, 0.15) is 18.2 Å². The molecule has 0 amide bonds. The van der Waals surface area contributed by atoms with Crippen molar-refractivity contribution >= 4 is 0 Å². The summed E-state index contributed by atoms with van der Waals surface area (Å²) in [6.07, 6.45) is 0.488. The Bertz CT molecular complexity index is 525. The van der Waals surface area contributed by atoms with E-state index in [1.54, 1.807) is 6.92 Å². The molecular formula is C10H15N3O5. The molecule has 0 bridgehead atoms. The van der Waals surface area contributed by atoms with Gasteiger partial charge in [-0.3, -0.25) is 14.3 Å². The van der Waals surface area contributed by atoms with Crippen molar-refractivity contribution in [1.29, 1.82) is 0 Å². The number of nitrogens with zero attached hydrogens (tertiary/aromatic N) is 1. The molecule has 0 unspecified atom stereocenters. The number of aliphatic hydroxyl groups excluding tert-OH is 1. The van der Waals surface area contributed by atoms with Crippen LogP contribution < -0.4 is 16.7 Å². The number of H-pyrrole nitrogens is 1. The van der Waals surface area contributed by atoms with Gasteiger partial charge in [0, 0.05) is 18.2 Å². The summed E-state index contributed by atoms with van der Waals surface area (Å²) >= 11 is 0. The Hall–Kier alpha value is -1.48. The second-order valence-corrected chi connectivity index (χ2v) is 4.26. The van der Waals surface area contributed by atoms with E-state index in [9.17, 15) is 9.59 Å². The predicted octanol–water partition coefficient (Wildman–Crippen LogP) is -1.53. The zero-order chi connectivity index (χ0) is 13.3. The molecule has 0 spiro atoms. The zero-order valence-corrected chi connectivity index (χ0v) is 9.79. The van der Waals surface area contributed by atoms with E-state index in [1.807, 2.05) is 5.48 Å². The molecule has 0 aromatic carbocycles. The van der Waals surface area contributed by atoms with Gasteiger partial charge in [-0.15, -0.1) is 0 Å². The smallest absolute Gasteiger partial charge is 0.330 e. The van der Waals surface area contributed by atoms with Gasteiger partial charge < -0.3 is 15.1 Å². The maximum atomic E-state index is 11.7. The lowest BCUT2D eigenvalue weighted by atomic mass is 10.1.